The molecule has 108 valence electrons. The molecule has 0 atom stereocenters. The molecule has 1 aromatic heterocycles. The number of nitrogens with zero attached hydrogens (tertiary/aromatic N) is 1. The zero-order valence-electron chi connectivity index (χ0n) is 12.7. The maximum Gasteiger partial charge on any atom is 0.198 e. The van der Waals surface area contributed by atoms with E-state index in [1.807, 2.05) is 18.2 Å². The molecule has 21 heavy (non-hydrogen) atoms. The maximum atomic E-state index is 5.73. The first-order valence-electron chi connectivity index (χ1n) is 7.32. The van der Waals surface area contributed by atoms with Gasteiger partial charge in [-0.1, -0.05) is 38.1 Å². The Balaban J connectivity index is 1.80. The minimum Gasteiger partial charge on any atom is -0.440 e. The SMILES string of the molecule is Cc1ccccc1CNc1ccc2oc(C(C)C)nc2c1. The zero-order chi connectivity index (χ0) is 14.8. The maximum absolute atomic E-state index is 5.73. The van der Waals surface area contributed by atoms with Crippen LogP contribution in [0.5, 0.6) is 0 Å². The van der Waals surface area contributed by atoms with Crippen molar-refractivity contribution < 1.29 is 4.42 Å². The van der Waals surface area contributed by atoms with Gasteiger partial charge in [-0.15, -0.1) is 0 Å². The van der Waals surface area contributed by atoms with Crippen LogP contribution < -0.4 is 5.32 Å². The second-order valence-corrected chi connectivity index (χ2v) is 5.67. The Morgan fingerprint density at radius 3 is 2.71 bits per heavy atom. The molecule has 0 radical (unpaired) electrons. The number of aryl methyl sites for hydroxylation is 1. The summed E-state index contributed by atoms with van der Waals surface area (Å²) in [6, 6.07) is 14.5. The highest BCUT2D eigenvalue weighted by atomic mass is 16.3. The van der Waals surface area contributed by atoms with E-state index in [0.29, 0.717) is 5.92 Å². The summed E-state index contributed by atoms with van der Waals surface area (Å²) in [7, 11) is 0. The summed E-state index contributed by atoms with van der Waals surface area (Å²) in [5.41, 5.74) is 5.43. The summed E-state index contributed by atoms with van der Waals surface area (Å²) >= 11 is 0. The first kappa shape index (κ1) is 13.7. The number of rotatable bonds is 4. The minimum atomic E-state index is 0.306. The molecule has 0 unspecified atom stereocenters. The Morgan fingerprint density at radius 1 is 1.14 bits per heavy atom. The number of oxazole rings is 1. The van der Waals surface area contributed by atoms with Gasteiger partial charge in [-0.2, -0.15) is 0 Å². The Hall–Kier alpha value is -2.29. The summed E-state index contributed by atoms with van der Waals surface area (Å²) in [5.74, 6) is 1.10. The summed E-state index contributed by atoms with van der Waals surface area (Å²) in [6.07, 6.45) is 0. The molecule has 3 heteroatoms. The number of aromatic nitrogens is 1. The van der Waals surface area contributed by atoms with Crippen molar-refractivity contribution in [3.05, 3.63) is 59.5 Å². The van der Waals surface area contributed by atoms with E-state index in [0.717, 1.165) is 29.2 Å². The number of anilines is 1. The van der Waals surface area contributed by atoms with Crippen molar-refractivity contribution in [2.75, 3.05) is 5.32 Å². The molecule has 0 saturated heterocycles. The van der Waals surface area contributed by atoms with Crippen LogP contribution in [0, 0.1) is 6.92 Å². The van der Waals surface area contributed by atoms with Crippen LogP contribution in [0.1, 0.15) is 36.8 Å². The largest absolute Gasteiger partial charge is 0.440 e. The fourth-order valence-corrected chi connectivity index (χ4v) is 2.31. The molecule has 0 amide bonds. The third kappa shape index (κ3) is 2.92. The Morgan fingerprint density at radius 2 is 1.95 bits per heavy atom. The van der Waals surface area contributed by atoms with Gasteiger partial charge in [0.15, 0.2) is 11.5 Å². The van der Waals surface area contributed by atoms with Gasteiger partial charge in [0.2, 0.25) is 0 Å². The average molecular weight is 280 g/mol. The van der Waals surface area contributed by atoms with Crippen molar-refractivity contribution in [1.29, 1.82) is 0 Å². The normalized spacial score (nSPS) is 11.2. The van der Waals surface area contributed by atoms with Crippen LogP contribution in [-0.2, 0) is 6.54 Å². The monoisotopic (exact) mass is 280 g/mol. The summed E-state index contributed by atoms with van der Waals surface area (Å²) < 4.78 is 5.73. The van der Waals surface area contributed by atoms with Crippen LogP contribution in [0.15, 0.2) is 46.9 Å². The van der Waals surface area contributed by atoms with E-state index >= 15 is 0 Å². The van der Waals surface area contributed by atoms with Gasteiger partial charge in [0.25, 0.3) is 0 Å². The summed E-state index contributed by atoms with van der Waals surface area (Å²) in [4.78, 5) is 4.54. The molecule has 3 rings (SSSR count). The van der Waals surface area contributed by atoms with Gasteiger partial charge in [-0.05, 0) is 36.2 Å². The fraction of sp³-hybridized carbons (Fsp3) is 0.278. The fourth-order valence-electron chi connectivity index (χ4n) is 2.31. The van der Waals surface area contributed by atoms with E-state index in [2.05, 4.69) is 55.3 Å². The van der Waals surface area contributed by atoms with Crippen LogP contribution in [0.25, 0.3) is 11.1 Å². The first-order chi connectivity index (χ1) is 10.1. The molecular weight excluding hydrogens is 260 g/mol. The van der Waals surface area contributed by atoms with Crippen LogP contribution in [0.4, 0.5) is 5.69 Å². The Labute approximate surface area is 125 Å². The Bertz CT molecular complexity index is 759. The summed E-state index contributed by atoms with van der Waals surface area (Å²) in [6.45, 7) is 7.12. The van der Waals surface area contributed by atoms with E-state index in [1.165, 1.54) is 11.1 Å². The predicted molar refractivity (Wildman–Crippen MR) is 86.6 cm³/mol. The predicted octanol–water partition coefficient (Wildman–Crippen LogP) is 4.87. The highest BCUT2D eigenvalue weighted by Crippen LogP contribution is 2.24. The van der Waals surface area contributed by atoms with E-state index in [-0.39, 0.29) is 0 Å². The van der Waals surface area contributed by atoms with Crippen LogP contribution >= 0.6 is 0 Å². The molecule has 0 aliphatic carbocycles. The number of hydrogen-bond donors (Lipinski definition) is 1. The topological polar surface area (TPSA) is 38.1 Å². The Kier molecular flexibility index (Phi) is 3.65. The summed E-state index contributed by atoms with van der Waals surface area (Å²) in [5, 5.41) is 3.45. The van der Waals surface area contributed by atoms with Crippen LogP contribution in [0.3, 0.4) is 0 Å². The molecule has 0 fully saturated rings. The van der Waals surface area contributed by atoms with Crippen LogP contribution in [0.2, 0.25) is 0 Å². The van der Waals surface area contributed by atoms with Crippen molar-refractivity contribution in [2.24, 2.45) is 0 Å². The number of nitrogens with one attached hydrogen (secondary N) is 1. The van der Waals surface area contributed by atoms with E-state index < -0.39 is 0 Å². The minimum absolute atomic E-state index is 0.306. The van der Waals surface area contributed by atoms with Gasteiger partial charge in [-0.25, -0.2) is 4.98 Å². The van der Waals surface area contributed by atoms with E-state index in [4.69, 9.17) is 4.42 Å². The van der Waals surface area contributed by atoms with E-state index in [1.54, 1.807) is 0 Å². The van der Waals surface area contributed by atoms with Crippen LogP contribution in [-0.4, -0.2) is 4.98 Å². The number of hydrogen-bond acceptors (Lipinski definition) is 3. The highest BCUT2D eigenvalue weighted by molar-refractivity contribution is 5.77. The van der Waals surface area contributed by atoms with Gasteiger partial charge in [-0.3, -0.25) is 0 Å². The van der Waals surface area contributed by atoms with Crippen molar-refractivity contribution in [1.82, 2.24) is 4.98 Å². The third-order valence-corrected chi connectivity index (χ3v) is 3.64. The van der Waals surface area contributed by atoms with Crippen molar-refractivity contribution in [3.63, 3.8) is 0 Å². The molecule has 0 bridgehead atoms. The second-order valence-electron chi connectivity index (χ2n) is 5.67. The highest BCUT2D eigenvalue weighted by Gasteiger charge is 2.09. The standard InChI is InChI=1S/C18H20N2O/c1-12(2)18-20-16-10-15(8-9-17(16)21-18)19-11-14-7-5-4-6-13(14)3/h4-10,12,19H,11H2,1-3H3. The van der Waals surface area contributed by atoms with Crippen molar-refractivity contribution in [3.8, 4) is 0 Å². The lowest BCUT2D eigenvalue weighted by Crippen LogP contribution is -2.00. The first-order valence-corrected chi connectivity index (χ1v) is 7.32. The van der Waals surface area contributed by atoms with Crippen molar-refractivity contribution in [2.45, 2.75) is 33.2 Å². The lowest BCUT2D eigenvalue weighted by Gasteiger charge is -2.08. The molecule has 3 nitrogen and oxygen atoms in total. The van der Waals surface area contributed by atoms with Gasteiger partial charge in [0.05, 0.1) is 0 Å². The lowest BCUT2D eigenvalue weighted by molar-refractivity contribution is 0.501. The van der Waals surface area contributed by atoms with Gasteiger partial charge in [0, 0.05) is 18.2 Å². The van der Waals surface area contributed by atoms with E-state index in [9.17, 15) is 0 Å². The number of benzene rings is 2. The molecule has 0 aliphatic heterocycles. The lowest BCUT2D eigenvalue weighted by atomic mass is 10.1. The molecule has 1 heterocycles. The molecule has 3 aromatic rings. The number of fused-ring (bicyclic) bond motifs is 1. The smallest absolute Gasteiger partial charge is 0.198 e. The zero-order valence-corrected chi connectivity index (χ0v) is 12.7. The average Bonchev–Trinajstić information content (AvgIpc) is 2.90. The third-order valence-electron chi connectivity index (χ3n) is 3.64. The quantitative estimate of drug-likeness (QED) is 0.740. The molecule has 1 N–H and O–H groups in total. The molecule has 0 spiro atoms. The van der Waals surface area contributed by atoms with Gasteiger partial charge >= 0.3 is 0 Å². The van der Waals surface area contributed by atoms with Gasteiger partial charge < -0.3 is 9.73 Å². The molecule has 0 saturated carbocycles. The molecular formula is C18H20N2O. The second kappa shape index (κ2) is 5.60. The van der Waals surface area contributed by atoms with Gasteiger partial charge in [0.1, 0.15) is 5.52 Å². The molecule has 0 aliphatic rings. The van der Waals surface area contributed by atoms with Crippen molar-refractivity contribution >= 4 is 16.8 Å². The molecule has 2 aromatic carbocycles.